The molecule has 110 valence electrons. The minimum atomic E-state index is -0.0756. The van der Waals surface area contributed by atoms with Crippen LogP contribution in [0.3, 0.4) is 0 Å². The van der Waals surface area contributed by atoms with E-state index in [0.29, 0.717) is 6.04 Å². The van der Waals surface area contributed by atoms with Gasteiger partial charge in [0.25, 0.3) is 0 Å². The predicted molar refractivity (Wildman–Crippen MR) is 81.6 cm³/mol. The van der Waals surface area contributed by atoms with Gasteiger partial charge in [-0.25, -0.2) is 4.39 Å². The van der Waals surface area contributed by atoms with Crippen LogP contribution in [0.5, 0.6) is 0 Å². The van der Waals surface area contributed by atoms with Crippen LogP contribution < -0.4 is 10.2 Å². The Morgan fingerprint density at radius 1 is 1.05 bits per heavy atom. The molecule has 20 heavy (non-hydrogen) atoms. The van der Waals surface area contributed by atoms with Gasteiger partial charge in [-0.05, 0) is 43.4 Å². The Morgan fingerprint density at radius 2 is 1.80 bits per heavy atom. The zero-order chi connectivity index (χ0) is 13.8. The standard InChI is InChI=1S/C17H25FN2/c18-16-9-8-14(12-17(16)20-10-4-5-11-20)13-19-15-6-2-1-3-7-15/h8-9,12,15,19H,1-7,10-11,13H2. The fraction of sp³-hybridized carbons (Fsp3) is 0.647. The van der Waals surface area contributed by atoms with Crippen LogP contribution in [0.4, 0.5) is 10.1 Å². The maximum atomic E-state index is 14.0. The van der Waals surface area contributed by atoms with Crippen LogP contribution in [-0.2, 0) is 6.54 Å². The third-order valence-electron chi connectivity index (χ3n) is 4.66. The van der Waals surface area contributed by atoms with Crippen molar-refractivity contribution in [2.75, 3.05) is 18.0 Å². The number of nitrogens with zero attached hydrogens (tertiary/aromatic N) is 1. The second-order valence-electron chi connectivity index (χ2n) is 6.20. The molecule has 0 amide bonds. The number of benzene rings is 1. The van der Waals surface area contributed by atoms with Crippen molar-refractivity contribution < 1.29 is 4.39 Å². The predicted octanol–water partition coefficient (Wildman–Crippen LogP) is 3.85. The molecular formula is C17H25FN2. The van der Waals surface area contributed by atoms with E-state index in [0.717, 1.165) is 25.3 Å². The molecule has 1 aromatic rings. The van der Waals surface area contributed by atoms with Crippen molar-refractivity contribution in [3.8, 4) is 0 Å². The quantitative estimate of drug-likeness (QED) is 0.898. The second kappa shape index (κ2) is 6.57. The highest BCUT2D eigenvalue weighted by Gasteiger charge is 2.17. The smallest absolute Gasteiger partial charge is 0.146 e. The summed E-state index contributed by atoms with van der Waals surface area (Å²) in [6, 6.07) is 6.25. The zero-order valence-electron chi connectivity index (χ0n) is 12.2. The van der Waals surface area contributed by atoms with Gasteiger partial charge in [0.2, 0.25) is 0 Å². The highest BCUT2D eigenvalue weighted by atomic mass is 19.1. The van der Waals surface area contributed by atoms with Gasteiger partial charge in [-0.15, -0.1) is 0 Å². The Hall–Kier alpha value is -1.09. The summed E-state index contributed by atoms with van der Waals surface area (Å²) in [5, 5.41) is 3.63. The van der Waals surface area contributed by atoms with Gasteiger partial charge >= 0.3 is 0 Å². The van der Waals surface area contributed by atoms with E-state index in [1.165, 1.54) is 50.5 Å². The average molecular weight is 276 g/mol. The molecule has 3 rings (SSSR count). The number of hydrogen-bond acceptors (Lipinski definition) is 2. The lowest BCUT2D eigenvalue weighted by molar-refractivity contribution is 0.372. The summed E-state index contributed by atoms with van der Waals surface area (Å²) in [7, 11) is 0. The number of nitrogens with one attached hydrogen (secondary N) is 1. The molecule has 0 unspecified atom stereocenters. The van der Waals surface area contributed by atoms with E-state index in [9.17, 15) is 4.39 Å². The summed E-state index contributed by atoms with van der Waals surface area (Å²) in [6.07, 6.45) is 9.03. The number of hydrogen-bond donors (Lipinski definition) is 1. The van der Waals surface area contributed by atoms with Gasteiger partial charge in [-0.1, -0.05) is 25.3 Å². The zero-order valence-corrected chi connectivity index (χ0v) is 12.2. The van der Waals surface area contributed by atoms with E-state index in [1.807, 2.05) is 12.1 Å². The molecule has 0 atom stereocenters. The molecule has 1 aliphatic carbocycles. The molecule has 1 aromatic carbocycles. The van der Waals surface area contributed by atoms with Gasteiger partial charge in [-0.2, -0.15) is 0 Å². The fourth-order valence-corrected chi connectivity index (χ4v) is 3.44. The van der Waals surface area contributed by atoms with Gasteiger partial charge in [-0.3, -0.25) is 0 Å². The first-order chi connectivity index (χ1) is 9.83. The molecule has 1 N–H and O–H groups in total. The Labute approximate surface area is 121 Å². The molecule has 2 fully saturated rings. The van der Waals surface area contributed by atoms with Crippen LogP contribution in [0, 0.1) is 5.82 Å². The lowest BCUT2D eigenvalue weighted by atomic mass is 9.95. The van der Waals surface area contributed by atoms with Crippen molar-refractivity contribution in [1.29, 1.82) is 0 Å². The van der Waals surface area contributed by atoms with Crippen LogP contribution in [0.25, 0.3) is 0 Å². The van der Waals surface area contributed by atoms with Crippen LogP contribution in [0.2, 0.25) is 0 Å². The molecule has 0 spiro atoms. The van der Waals surface area contributed by atoms with Gasteiger partial charge in [0.1, 0.15) is 5.82 Å². The van der Waals surface area contributed by atoms with Gasteiger partial charge in [0, 0.05) is 25.7 Å². The maximum Gasteiger partial charge on any atom is 0.146 e. The largest absolute Gasteiger partial charge is 0.369 e. The first-order valence-corrected chi connectivity index (χ1v) is 8.10. The molecule has 2 aliphatic rings. The minimum Gasteiger partial charge on any atom is -0.369 e. The lowest BCUT2D eigenvalue weighted by Crippen LogP contribution is -2.30. The molecule has 1 saturated heterocycles. The van der Waals surface area contributed by atoms with Gasteiger partial charge in [0.15, 0.2) is 0 Å². The summed E-state index contributed by atoms with van der Waals surface area (Å²) in [4.78, 5) is 2.18. The van der Waals surface area contributed by atoms with Crippen LogP contribution in [-0.4, -0.2) is 19.1 Å². The third kappa shape index (κ3) is 3.32. The fourth-order valence-electron chi connectivity index (χ4n) is 3.44. The molecule has 0 aromatic heterocycles. The van der Waals surface area contributed by atoms with E-state index in [4.69, 9.17) is 0 Å². The third-order valence-corrected chi connectivity index (χ3v) is 4.66. The normalized spacial score (nSPS) is 20.6. The topological polar surface area (TPSA) is 15.3 Å². The first-order valence-electron chi connectivity index (χ1n) is 8.10. The maximum absolute atomic E-state index is 14.0. The molecule has 0 radical (unpaired) electrons. The van der Waals surface area contributed by atoms with Crippen LogP contribution >= 0.6 is 0 Å². The number of anilines is 1. The number of rotatable bonds is 4. The molecule has 0 bridgehead atoms. The van der Waals surface area contributed by atoms with E-state index in [2.05, 4.69) is 10.2 Å². The summed E-state index contributed by atoms with van der Waals surface area (Å²) >= 11 is 0. The minimum absolute atomic E-state index is 0.0756. The molecule has 1 aliphatic heterocycles. The Bertz CT molecular complexity index is 435. The Morgan fingerprint density at radius 3 is 2.55 bits per heavy atom. The van der Waals surface area contributed by atoms with E-state index >= 15 is 0 Å². The van der Waals surface area contributed by atoms with Crippen molar-refractivity contribution in [2.45, 2.75) is 57.5 Å². The molecular weight excluding hydrogens is 251 g/mol. The molecule has 2 nitrogen and oxygen atoms in total. The van der Waals surface area contributed by atoms with E-state index in [1.54, 1.807) is 6.07 Å². The van der Waals surface area contributed by atoms with Crippen molar-refractivity contribution in [1.82, 2.24) is 5.32 Å². The van der Waals surface area contributed by atoms with Crippen molar-refractivity contribution >= 4 is 5.69 Å². The van der Waals surface area contributed by atoms with Crippen LogP contribution in [0.15, 0.2) is 18.2 Å². The molecule has 1 saturated carbocycles. The highest BCUT2D eigenvalue weighted by Crippen LogP contribution is 2.25. The van der Waals surface area contributed by atoms with Crippen molar-refractivity contribution in [3.05, 3.63) is 29.6 Å². The van der Waals surface area contributed by atoms with Crippen molar-refractivity contribution in [2.24, 2.45) is 0 Å². The second-order valence-corrected chi connectivity index (χ2v) is 6.20. The summed E-state index contributed by atoms with van der Waals surface area (Å²) in [5.74, 6) is -0.0756. The van der Waals surface area contributed by atoms with E-state index in [-0.39, 0.29) is 5.82 Å². The van der Waals surface area contributed by atoms with Gasteiger partial charge in [0.05, 0.1) is 5.69 Å². The van der Waals surface area contributed by atoms with Crippen LogP contribution in [0.1, 0.15) is 50.5 Å². The molecule has 3 heteroatoms. The summed E-state index contributed by atoms with van der Waals surface area (Å²) in [5.41, 5.74) is 2.00. The lowest BCUT2D eigenvalue weighted by Gasteiger charge is -2.23. The summed E-state index contributed by atoms with van der Waals surface area (Å²) < 4.78 is 14.0. The average Bonchev–Trinajstić information content (AvgIpc) is 3.01. The van der Waals surface area contributed by atoms with Crippen molar-refractivity contribution in [3.63, 3.8) is 0 Å². The van der Waals surface area contributed by atoms with E-state index < -0.39 is 0 Å². The monoisotopic (exact) mass is 276 g/mol. The SMILES string of the molecule is Fc1ccc(CNC2CCCCC2)cc1N1CCCC1. The van der Waals surface area contributed by atoms with Gasteiger partial charge < -0.3 is 10.2 Å². The number of halogens is 1. The Kier molecular flexibility index (Phi) is 4.56. The first kappa shape index (κ1) is 13.9. The highest BCUT2D eigenvalue weighted by molar-refractivity contribution is 5.50. The Balaban J connectivity index is 1.62. The molecule has 1 heterocycles. The summed E-state index contributed by atoms with van der Waals surface area (Å²) in [6.45, 7) is 2.86.